The fraction of sp³-hybridized carbons (Fsp3) is 0.375. The van der Waals surface area contributed by atoms with Crippen molar-refractivity contribution >= 4 is 11.6 Å². The maximum Gasteiger partial charge on any atom is 0.425 e. The molecule has 1 heterocycles. The Balaban J connectivity index is 2.20. The molecule has 0 bridgehead atoms. The average molecular weight is 341 g/mol. The number of carbonyl (C=O) groups excluding carboxylic acids is 1. The van der Waals surface area contributed by atoms with Crippen LogP contribution < -0.4 is 5.32 Å². The van der Waals surface area contributed by atoms with Gasteiger partial charge in [-0.25, -0.2) is 4.98 Å². The molecule has 1 unspecified atom stereocenters. The number of halogens is 3. The van der Waals surface area contributed by atoms with E-state index in [2.05, 4.69) is 10.3 Å². The van der Waals surface area contributed by atoms with Crippen LogP contribution in [0.2, 0.25) is 0 Å². The summed E-state index contributed by atoms with van der Waals surface area (Å²) in [6.45, 7) is 1.96. The van der Waals surface area contributed by atoms with Crippen LogP contribution in [0.1, 0.15) is 24.7 Å². The zero-order valence-electron chi connectivity index (χ0n) is 13.3. The van der Waals surface area contributed by atoms with Crippen molar-refractivity contribution in [2.45, 2.75) is 31.5 Å². The molecule has 1 aromatic carbocycles. The van der Waals surface area contributed by atoms with Gasteiger partial charge in [-0.3, -0.25) is 4.79 Å². The summed E-state index contributed by atoms with van der Waals surface area (Å²) in [6, 6.07) is 6.74. The number of alkyl halides is 3. The van der Waals surface area contributed by atoms with Crippen LogP contribution in [0.5, 0.6) is 0 Å². The molecule has 0 aliphatic heterocycles. The Morgan fingerprint density at radius 2 is 1.92 bits per heavy atom. The quantitative estimate of drug-likeness (QED) is 0.879. The van der Waals surface area contributed by atoms with Gasteiger partial charge in [-0.05, 0) is 24.1 Å². The van der Waals surface area contributed by atoms with Crippen LogP contribution in [0, 0.1) is 0 Å². The Labute approximate surface area is 137 Å². The zero-order chi connectivity index (χ0) is 18.0. The van der Waals surface area contributed by atoms with Gasteiger partial charge in [0.15, 0.2) is 5.82 Å². The van der Waals surface area contributed by atoms with E-state index in [-0.39, 0.29) is 0 Å². The average Bonchev–Trinajstić information content (AvgIpc) is 2.93. The molecule has 0 aliphatic carbocycles. The summed E-state index contributed by atoms with van der Waals surface area (Å²) in [5.41, 5.74) is -1.96. The van der Waals surface area contributed by atoms with E-state index in [1.165, 1.54) is 13.2 Å². The molecular weight excluding hydrogens is 323 g/mol. The van der Waals surface area contributed by atoms with Crippen LogP contribution in [0.15, 0.2) is 36.7 Å². The number of carbonyl (C=O) groups is 1. The highest BCUT2D eigenvalue weighted by Crippen LogP contribution is 2.40. The molecule has 0 aliphatic rings. The normalized spacial score (nSPS) is 14.2. The number of anilines is 1. The third kappa shape index (κ3) is 3.59. The van der Waals surface area contributed by atoms with Crippen molar-refractivity contribution < 1.29 is 23.1 Å². The summed E-state index contributed by atoms with van der Waals surface area (Å²) in [7, 11) is 1.32. The molecule has 2 aromatic rings. The number of amides is 1. The smallest absolute Gasteiger partial charge is 0.374 e. The largest absolute Gasteiger partial charge is 0.425 e. The SMILES string of the molecule is CCc1ccc(NC(=O)CC(O)(c2nccn2C)C(F)(F)F)cc1. The summed E-state index contributed by atoms with van der Waals surface area (Å²) in [6.07, 6.45) is -3.02. The number of benzene rings is 1. The van der Waals surface area contributed by atoms with E-state index < -0.39 is 29.9 Å². The Kier molecular flexibility index (Phi) is 4.98. The van der Waals surface area contributed by atoms with Crippen LogP contribution in [0.4, 0.5) is 18.9 Å². The molecule has 0 saturated heterocycles. The number of aryl methyl sites for hydroxylation is 2. The van der Waals surface area contributed by atoms with Gasteiger partial charge in [0.25, 0.3) is 0 Å². The van der Waals surface area contributed by atoms with Gasteiger partial charge in [0.05, 0.1) is 6.42 Å². The Hall–Kier alpha value is -2.35. The molecule has 24 heavy (non-hydrogen) atoms. The first kappa shape index (κ1) is 18.0. The number of nitrogens with zero attached hydrogens (tertiary/aromatic N) is 2. The van der Waals surface area contributed by atoms with Gasteiger partial charge in [0.2, 0.25) is 11.5 Å². The highest BCUT2D eigenvalue weighted by atomic mass is 19.4. The Morgan fingerprint density at radius 3 is 2.38 bits per heavy atom. The van der Waals surface area contributed by atoms with Crippen LogP contribution in [-0.2, 0) is 23.9 Å². The first-order chi connectivity index (χ1) is 11.2. The van der Waals surface area contributed by atoms with Crippen molar-refractivity contribution in [1.29, 1.82) is 0 Å². The molecule has 2 rings (SSSR count). The molecule has 0 spiro atoms. The van der Waals surface area contributed by atoms with Crippen LogP contribution >= 0.6 is 0 Å². The summed E-state index contributed by atoms with van der Waals surface area (Å²) in [5.74, 6) is -1.59. The van der Waals surface area contributed by atoms with Crippen molar-refractivity contribution in [3.8, 4) is 0 Å². The fourth-order valence-electron chi connectivity index (χ4n) is 2.33. The highest BCUT2D eigenvalue weighted by Gasteiger charge is 2.58. The third-order valence-electron chi connectivity index (χ3n) is 3.72. The van der Waals surface area contributed by atoms with E-state index in [0.717, 1.165) is 22.7 Å². The van der Waals surface area contributed by atoms with Crippen molar-refractivity contribution in [1.82, 2.24) is 9.55 Å². The van der Waals surface area contributed by atoms with E-state index in [1.807, 2.05) is 6.92 Å². The van der Waals surface area contributed by atoms with E-state index >= 15 is 0 Å². The van der Waals surface area contributed by atoms with Gasteiger partial charge in [-0.2, -0.15) is 13.2 Å². The lowest BCUT2D eigenvalue weighted by atomic mass is 9.97. The Morgan fingerprint density at radius 1 is 1.29 bits per heavy atom. The first-order valence-electron chi connectivity index (χ1n) is 7.33. The number of hydrogen-bond acceptors (Lipinski definition) is 3. The molecule has 0 fully saturated rings. The second kappa shape index (κ2) is 6.64. The maximum absolute atomic E-state index is 13.4. The molecule has 0 saturated carbocycles. The van der Waals surface area contributed by atoms with Crippen molar-refractivity contribution in [2.75, 3.05) is 5.32 Å². The lowest BCUT2D eigenvalue weighted by Gasteiger charge is -2.29. The predicted octanol–water partition coefficient (Wildman–Crippen LogP) is 2.76. The van der Waals surface area contributed by atoms with Crippen molar-refractivity contribution in [3.63, 3.8) is 0 Å². The van der Waals surface area contributed by atoms with Gasteiger partial charge >= 0.3 is 6.18 Å². The van der Waals surface area contributed by atoms with E-state index in [4.69, 9.17) is 0 Å². The molecule has 1 aromatic heterocycles. The number of rotatable bonds is 5. The topological polar surface area (TPSA) is 67.2 Å². The van der Waals surface area contributed by atoms with Gasteiger partial charge < -0.3 is 15.0 Å². The summed E-state index contributed by atoms with van der Waals surface area (Å²) in [5, 5.41) is 12.5. The molecule has 8 heteroatoms. The predicted molar refractivity (Wildman–Crippen MR) is 82.2 cm³/mol. The van der Waals surface area contributed by atoms with E-state index in [9.17, 15) is 23.1 Å². The van der Waals surface area contributed by atoms with Gasteiger partial charge in [0.1, 0.15) is 0 Å². The molecule has 0 radical (unpaired) electrons. The van der Waals surface area contributed by atoms with Gasteiger partial charge in [0, 0.05) is 25.1 Å². The Bertz CT molecular complexity index is 710. The molecule has 1 atom stereocenters. The second-order valence-corrected chi connectivity index (χ2v) is 5.50. The standard InChI is InChI=1S/C16H18F3N3O2/c1-3-11-4-6-12(7-5-11)21-13(23)10-15(24,16(17,18)19)14-20-8-9-22(14)2/h4-9,24H,3,10H2,1-2H3,(H,21,23). The second-order valence-electron chi connectivity index (χ2n) is 5.50. The fourth-order valence-corrected chi connectivity index (χ4v) is 2.33. The maximum atomic E-state index is 13.4. The minimum absolute atomic E-state index is 0.363. The van der Waals surface area contributed by atoms with Gasteiger partial charge in [-0.15, -0.1) is 0 Å². The lowest BCUT2D eigenvalue weighted by molar-refractivity contribution is -0.270. The third-order valence-corrected chi connectivity index (χ3v) is 3.72. The van der Waals surface area contributed by atoms with Crippen molar-refractivity contribution in [3.05, 3.63) is 48.0 Å². The monoisotopic (exact) mass is 341 g/mol. The minimum atomic E-state index is -5.05. The lowest BCUT2D eigenvalue weighted by Crippen LogP contribution is -2.46. The summed E-state index contributed by atoms with van der Waals surface area (Å²) in [4.78, 5) is 15.6. The highest BCUT2D eigenvalue weighted by molar-refractivity contribution is 5.91. The van der Waals surface area contributed by atoms with Gasteiger partial charge in [-0.1, -0.05) is 19.1 Å². The molecule has 2 N–H and O–H groups in total. The molecule has 130 valence electrons. The minimum Gasteiger partial charge on any atom is -0.374 e. The summed E-state index contributed by atoms with van der Waals surface area (Å²) >= 11 is 0. The number of aromatic nitrogens is 2. The first-order valence-corrected chi connectivity index (χ1v) is 7.33. The summed E-state index contributed by atoms with van der Waals surface area (Å²) < 4.78 is 41.1. The van der Waals surface area contributed by atoms with E-state index in [0.29, 0.717) is 5.69 Å². The number of hydrogen-bond donors (Lipinski definition) is 2. The van der Waals surface area contributed by atoms with Crippen LogP contribution in [0.25, 0.3) is 0 Å². The molecular formula is C16H18F3N3O2. The van der Waals surface area contributed by atoms with Crippen molar-refractivity contribution in [2.24, 2.45) is 7.05 Å². The number of imidazole rings is 1. The van der Waals surface area contributed by atoms with Crippen LogP contribution in [0.3, 0.4) is 0 Å². The number of aliphatic hydroxyl groups is 1. The van der Waals surface area contributed by atoms with E-state index in [1.54, 1.807) is 24.3 Å². The van der Waals surface area contributed by atoms with Crippen LogP contribution in [-0.4, -0.2) is 26.7 Å². The number of nitrogens with one attached hydrogen (secondary N) is 1. The zero-order valence-corrected chi connectivity index (χ0v) is 13.3. The molecule has 5 nitrogen and oxygen atoms in total. The molecule has 1 amide bonds.